The third-order valence-electron chi connectivity index (χ3n) is 3.45. The highest BCUT2D eigenvalue weighted by Crippen LogP contribution is 2.09. The molecule has 118 valence electrons. The number of hydrogen-bond acceptors (Lipinski definition) is 4. The molecule has 0 aliphatic rings. The van der Waals surface area contributed by atoms with Crippen LogP contribution in [0.25, 0.3) is 0 Å². The molecule has 6 nitrogen and oxygen atoms in total. The highest BCUT2D eigenvalue weighted by Gasteiger charge is 2.27. The fourth-order valence-corrected chi connectivity index (χ4v) is 1.60. The van der Waals surface area contributed by atoms with E-state index in [0.717, 1.165) is 6.42 Å². The van der Waals surface area contributed by atoms with Gasteiger partial charge in [0.2, 0.25) is 5.91 Å². The maximum absolute atomic E-state index is 12.2. The largest absolute Gasteiger partial charge is 0.480 e. The van der Waals surface area contributed by atoms with Gasteiger partial charge in [0.25, 0.3) is 0 Å². The van der Waals surface area contributed by atoms with Crippen molar-refractivity contribution in [2.24, 2.45) is 0 Å². The second-order valence-corrected chi connectivity index (χ2v) is 6.07. The predicted octanol–water partition coefficient (Wildman–Crippen LogP) is 0.628. The molecule has 1 amide bonds. The number of aliphatic carboxylic acids is 1. The summed E-state index contributed by atoms with van der Waals surface area (Å²) in [6.07, 6.45) is 0.822. The zero-order valence-electron chi connectivity index (χ0n) is 13.6. The fraction of sp³-hybridized carbons (Fsp3) is 0.857. The molecule has 1 unspecified atom stereocenters. The van der Waals surface area contributed by atoms with Crippen LogP contribution in [0.5, 0.6) is 0 Å². The second kappa shape index (κ2) is 8.21. The van der Waals surface area contributed by atoms with Crippen LogP contribution in [0.4, 0.5) is 0 Å². The summed E-state index contributed by atoms with van der Waals surface area (Å²) in [5, 5.41) is 11.9. The Hall–Kier alpha value is -1.14. The number of carboxylic acid groups (broad SMARTS) is 1. The molecule has 0 rings (SSSR count). The van der Waals surface area contributed by atoms with Gasteiger partial charge in [-0.15, -0.1) is 0 Å². The van der Waals surface area contributed by atoms with Crippen molar-refractivity contribution in [2.45, 2.75) is 45.7 Å². The highest BCUT2D eigenvalue weighted by atomic mass is 16.4. The Morgan fingerprint density at radius 1 is 1.25 bits per heavy atom. The van der Waals surface area contributed by atoms with E-state index in [-0.39, 0.29) is 18.0 Å². The summed E-state index contributed by atoms with van der Waals surface area (Å²) in [5.74, 6) is -1.05. The maximum Gasteiger partial charge on any atom is 0.317 e. The van der Waals surface area contributed by atoms with Crippen molar-refractivity contribution in [3.63, 3.8) is 0 Å². The van der Waals surface area contributed by atoms with Crippen LogP contribution in [0.3, 0.4) is 0 Å². The Morgan fingerprint density at radius 3 is 2.20 bits per heavy atom. The number of amides is 1. The van der Waals surface area contributed by atoms with Crippen molar-refractivity contribution in [2.75, 3.05) is 33.7 Å². The fourth-order valence-electron chi connectivity index (χ4n) is 1.60. The third-order valence-corrected chi connectivity index (χ3v) is 3.45. The van der Waals surface area contributed by atoms with E-state index in [2.05, 4.69) is 5.32 Å². The summed E-state index contributed by atoms with van der Waals surface area (Å²) in [4.78, 5) is 26.8. The molecule has 0 fully saturated rings. The number of carbonyl (C=O) groups excluding carboxylic acids is 1. The summed E-state index contributed by atoms with van der Waals surface area (Å²) in [5.41, 5.74) is -0.276. The number of carboxylic acids is 1. The van der Waals surface area contributed by atoms with Crippen LogP contribution in [0.2, 0.25) is 0 Å². The van der Waals surface area contributed by atoms with Gasteiger partial charge < -0.3 is 15.3 Å². The molecule has 1 atom stereocenters. The molecular formula is C14H29N3O3. The first-order valence-corrected chi connectivity index (χ1v) is 7.01. The van der Waals surface area contributed by atoms with E-state index < -0.39 is 12.0 Å². The standard InChI is InChI=1S/C14H29N3O3/c1-7-14(3,4)15-13(20)11(2)17(10-12(18)19)9-8-16(5)6/h11H,7-10H2,1-6H3,(H,15,20)(H,18,19). The van der Waals surface area contributed by atoms with Gasteiger partial charge in [-0.2, -0.15) is 0 Å². The van der Waals surface area contributed by atoms with Crippen molar-refractivity contribution < 1.29 is 14.7 Å². The molecule has 0 aromatic heterocycles. The number of carbonyl (C=O) groups is 2. The molecule has 0 spiro atoms. The topological polar surface area (TPSA) is 72.9 Å². The van der Waals surface area contributed by atoms with E-state index in [0.29, 0.717) is 13.1 Å². The molecular weight excluding hydrogens is 258 g/mol. The predicted molar refractivity (Wildman–Crippen MR) is 79.7 cm³/mol. The minimum atomic E-state index is -0.918. The average Bonchev–Trinajstić information content (AvgIpc) is 2.32. The number of likely N-dealkylation sites (N-methyl/N-ethyl adjacent to an activating group) is 1. The minimum absolute atomic E-state index is 0.128. The zero-order chi connectivity index (χ0) is 15.9. The zero-order valence-corrected chi connectivity index (χ0v) is 13.6. The summed E-state index contributed by atoms with van der Waals surface area (Å²) in [7, 11) is 3.84. The molecule has 0 saturated heterocycles. The van der Waals surface area contributed by atoms with Crippen LogP contribution in [-0.4, -0.2) is 72.1 Å². The molecule has 0 saturated carbocycles. The minimum Gasteiger partial charge on any atom is -0.480 e. The van der Waals surface area contributed by atoms with Gasteiger partial charge in [0, 0.05) is 18.6 Å². The average molecular weight is 287 g/mol. The molecule has 2 N–H and O–H groups in total. The molecule has 0 aromatic rings. The summed E-state index contributed by atoms with van der Waals surface area (Å²) >= 11 is 0. The normalized spacial score (nSPS) is 13.6. The lowest BCUT2D eigenvalue weighted by atomic mass is 10.0. The van der Waals surface area contributed by atoms with Gasteiger partial charge in [0.15, 0.2) is 0 Å². The van der Waals surface area contributed by atoms with Gasteiger partial charge >= 0.3 is 5.97 Å². The summed E-state index contributed by atoms with van der Waals surface area (Å²) in [6, 6.07) is -0.461. The van der Waals surface area contributed by atoms with Crippen molar-refractivity contribution >= 4 is 11.9 Å². The van der Waals surface area contributed by atoms with E-state index in [1.165, 1.54) is 0 Å². The quantitative estimate of drug-likeness (QED) is 0.651. The Morgan fingerprint density at radius 2 is 1.80 bits per heavy atom. The van der Waals surface area contributed by atoms with Crippen LogP contribution in [-0.2, 0) is 9.59 Å². The van der Waals surface area contributed by atoms with E-state index >= 15 is 0 Å². The van der Waals surface area contributed by atoms with Gasteiger partial charge in [-0.1, -0.05) is 6.92 Å². The lowest BCUT2D eigenvalue weighted by Crippen LogP contribution is -2.53. The maximum atomic E-state index is 12.2. The van der Waals surface area contributed by atoms with Gasteiger partial charge in [-0.25, -0.2) is 0 Å². The smallest absolute Gasteiger partial charge is 0.317 e. The van der Waals surface area contributed by atoms with E-state index in [9.17, 15) is 9.59 Å². The van der Waals surface area contributed by atoms with Crippen LogP contribution in [0, 0.1) is 0 Å². The number of rotatable bonds is 9. The monoisotopic (exact) mass is 287 g/mol. The molecule has 0 heterocycles. The molecule has 6 heteroatoms. The lowest BCUT2D eigenvalue weighted by molar-refractivity contribution is -0.140. The van der Waals surface area contributed by atoms with Crippen LogP contribution < -0.4 is 5.32 Å². The Balaban J connectivity index is 4.70. The van der Waals surface area contributed by atoms with E-state index in [1.54, 1.807) is 11.8 Å². The van der Waals surface area contributed by atoms with Gasteiger partial charge in [-0.3, -0.25) is 14.5 Å². The van der Waals surface area contributed by atoms with Gasteiger partial charge in [0.05, 0.1) is 12.6 Å². The Bertz CT molecular complexity index is 330. The molecule has 0 aliphatic heterocycles. The van der Waals surface area contributed by atoms with Crippen LogP contribution >= 0.6 is 0 Å². The molecule has 0 aromatic carbocycles. The SMILES string of the molecule is CCC(C)(C)NC(=O)C(C)N(CCN(C)C)CC(=O)O. The summed E-state index contributed by atoms with van der Waals surface area (Å²) < 4.78 is 0. The molecule has 20 heavy (non-hydrogen) atoms. The number of nitrogens with one attached hydrogen (secondary N) is 1. The van der Waals surface area contributed by atoms with E-state index in [1.807, 2.05) is 39.8 Å². The van der Waals surface area contributed by atoms with Crippen LogP contribution in [0.1, 0.15) is 34.1 Å². The Kier molecular flexibility index (Phi) is 7.75. The molecule has 0 radical (unpaired) electrons. The first-order valence-electron chi connectivity index (χ1n) is 7.01. The number of hydrogen-bond donors (Lipinski definition) is 2. The van der Waals surface area contributed by atoms with Crippen molar-refractivity contribution in [3.05, 3.63) is 0 Å². The molecule has 0 bridgehead atoms. The van der Waals surface area contributed by atoms with Gasteiger partial charge in [-0.05, 0) is 41.3 Å². The first-order chi connectivity index (χ1) is 9.09. The highest BCUT2D eigenvalue weighted by molar-refractivity contribution is 5.82. The van der Waals surface area contributed by atoms with Crippen molar-refractivity contribution in [3.8, 4) is 0 Å². The lowest BCUT2D eigenvalue weighted by Gasteiger charge is -2.32. The second-order valence-electron chi connectivity index (χ2n) is 6.07. The molecule has 0 aliphatic carbocycles. The number of nitrogens with zero attached hydrogens (tertiary/aromatic N) is 2. The first kappa shape index (κ1) is 18.9. The van der Waals surface area contributed by atoms with E-state index in [4.69, 9.17) is 5.11 Å². The third kappa shape index (κ3) is 7.45. The summed E-state index contributed by atoms with van der Waals surface area (Å²) in [6.45, 7) is 8.79. The van der Waals surface area contributed by atoms with Crippen molar-refractivity contribution in [1.82, 2.24) is 15.1 Å². The van der Waals surface area contributed by atoms with Gasteiger partial charge in [0.1, 0.15) is 0 Å². The van der Waals surface area contributed by atoms with Crippen molar-refractivity contribution in [1.29, 1.82) is 0 Å². The Labute approximate surface area is 122 Å². The van der Waals surface area contributed by atoms with Crippen LogP contribution in [0.15, 0.2) is 0 Å².